The van der Waals surface area contributed by atoms with Crippen molar-refractivity contribution in [2.75, 3.05) is 6.54 Å². The number of amides is 1. The molecule has 1 aliphatic heterocycles. The summed E-state index contributed by atoms with van der Waals surface area (Å²) in [5.41, 5.74) is 3.27. The molecule has 1 aliphatic rings. The minimum atomic E-state index is -0.744. The first-order valence-electron chi connectivity index (χ1n) is 12.2. The van der Waals surface area contributed by atoms with Gasteiger partial charge < -0.3 is 14.1 Å². The van der Waals surface area contributed by atoms with Crippen LogP contribution >= 0.6 is 0 Å². The topological polar surface area (TPSA) is 94.2 Å². The monoisotopic (exact) mass is 483 g/mol. The minimum Gasteiger partial charge on any atom is -0.438 e. The fraction of sp³-hybridized carbons (Fsp3) is 0.321. The van der Waals surface area contributed by atoms with Gasteiger partial charge in [-0.15, -0.1) is 10.2 Å². The second-order valence-electron chi connectivity index (χ2n) is 9.20. The molecule has 1 amide bonds. The van der Waals surface area contributed by atoms with Crippen LogP contribution in [0.5, 0.6) is 0 Å². The van der Waals surface area contributed by atoms with Crippen molar-refractivity contribution in [2.45, 2.75) is 51.7 Å². The van der Waals surface area contributed by atoms with Gasteiger partial charge in [-0.3, -0.25) is 0 Å². The number of hydrogen-bond acceptors (Lipinski definition) is 7. The molecule has 8 nitrogen and oxygen atoms in total. The highest BCUT2D eigenvalue weighted by Gasteiger charge is 2.43. The van der Waals surface area contributed by atoms with E-state index in [1.807, 2.05) is 80.8 Å². The average Bonchev–Trinajstić information content (AvgIpc) is 3.33. The van der Waals surface area contributed by atoms with Crippen LogP contribution < -0.4 is 0 Å². The molecule has 0 bridgehead atoms. The summed E-state index contributed by atoms with van der Waals surface area (Å²) in [7, 11) is 0. The normalized spacial score (nSPS) is 18.6. The second-order valence-corrected chi connectivity index (χ2v) is 9.20. The molecule has 4 aromatic rings. The molecule has 0 saturated carbocycles. The van der Waals surface area contributed by atoms with Gasteiger partial charge in [-0.05, 0) is 30.5 Å². The van der Waals surface area contributed by atoms with Crippen molar-refractivity contribution in [1.29, 1.82) is 0 Å². The molecular weight excluding hydrogens is 454 g/mol. The summed E-state index contributed by atoms with van der Waals surface area (Å²) in [6, 6.07) is 18.0. The number of cyclic esters (lactones) is 1. The zero-order chi connectivity index (χ0) is 25.1. The fourth-order valence-corrected chi connectivity index (χ4v) is 4.71. The highest BCUT2D eigenvalue weighted by atomic mass is 16.6. The van der Waals surface area contributed by atoms with Crippen molar-refractivity contribution in [3.63, 3.8) is 0 Å². The molecule has 0 N–H and O–H groups in total. The summed E-state index contributed by atoms with van der Waals surface area (Å²) < 4.78 is 11.8. The molecule has 0 radical (unpaired) electrons. The Hall–Kier alpha value is -4.07. The largest absolute Gasteiger partial charge is 0.438 e. The smallest absolute Gasteiger partial charge is 0.411 e. The molecule has 0 spiro atoms. The van der Waals surface area contributed by atoms with Crippen molar-refractivity contribution < 1.29 is 13.9 Å². The zero-order valence-corrected chi connectivity index (χ0v) is 20.7. The summed E-state index contributed by atoms with van der Waals surface area (Å²) >= 11 is 0. The van der Waals surface area contributed by atoms with Gasteiger partial charge in [0.15, 0.2) is 0 Å². The van der Waals surface area contributed by atoms with Gasteiger partial charge in [0.2, 0.25) is 11.8 Å². The molecule has 184 valence electrons. The van der Waals surface area contributed by atoms with Crippen LogP contribution in [-0.4, -0.2) is 37.7 Å². The molecule has 1 fully saturated rings. The molecule has 3 heterocycles. The quantitative estimate of drug-likeness (QED) is 0.339. The van der Waals surface area contributed by atoms with Crippen LogP contribution in [0.2, 0.25) is 0 Å². The molecule has 1 saturated heterocycles. The lowest BCUT2D eigenvalue weighted by Gasteiger charge is -2.43. The summed E-state index contributed by atoms with van der Waals surface area (Å²) in [5.74, 6) is 1.82. The maximum absolute atomic E-state index is 13.4. The van der Waals surface area contributed by atoms with Crippen molar-refractivity contribution in [1.82, 2.24) is 25.1 Å². The molecule has 0 aliphatic carbocycles. The average molecular weight is 484 g/mol. The predicted molar refractivity (Wildman–Crippen MR) is 134 cm³/mol. The molecule has 8 heteroatoms. The first kappa shape index (κ1) is 23.7. The maximum Gasteiger partial charge on any atom is 0.411 e. The van der Waals surface area contributed by atoms with Gasteiger partial charge in [-0.25, -0.2) is 14.8 Å². The number of aryl methyl sites for hydroxylation is 3. The van der Waals surface area contributed by atoms with Crippen molar-refractivity contribution in [3.05, 3.63) is 95.7 Å². The SMILES string of the molecule is Cc1ncc(-c2ccc([C@H](C)N3CCC(CCc4nnc(C)o4)(c4ccccc4)OC3=O)cc2)cn1. The summed E-state index contributed by atoms with van der Waals surface area (Å²) in [4.78, 5) is 23.7. The van der Waals surface area contributed by atoms with E-state index < -0.39 is 5.60 Å². The van der Waals surface area contributed by atoms with Crippen LogP contribution in [-0.2, 0) is 16.8 Å². The Morgan fingerprint density at radius 3 is 2.33 bits per heavy atom. The van der Waals surface area contributed by atoms with E-state index in [4.69, 9.17) is 9.15 Å². The Bertz CT molecular complexity index is 1320. The number of aromatic nitrogens is 4. The number of nitrogens with zero attached hydrogens (tertiary/aromatic N) is 5. The van der Waals surface area contributed by atoms with E-state index in [0.29, 0.717) is 37.6 Å². The van der Waals surface area contributed by atoms with Crippen molar-refractivity contribution in [3.8, 4) is 11.1 Å². The highest BCUT2D eigenvalue weighted by Crippen LogP contribution is 2.40. The van der Waals surface area contributed by atoms with Gasteiger partial charge in [-0.1, -0.05) is 54.6 Å². The molecule has 2 aromatic carbocycles. The van der Waals surface area contributed by atoms with E-state index in [2.05, 4.69) is 20.2 Å². The van der Waals surface area contributed by atoms with E-state index in [1.165, 1.54) is 0 Å². The number of ether oxygens (including phenoxy) is 1. The molecule has 1 unspecified atom stereocenters. The molecule has 5 rings (SSSR count). The Morgan fingerprint density at radius 2 is 1.69 bits per heavy atom. The predicted octanol–water partition coefficient (Wildman–Crippen LogP) is 5.58. The third kappa shape index (κ3) is 4.84. The van der Waals surface area contributed by atoms with Gasteiger partial charge in [0.25, 0.3) is 0 Å². The number of benzene rings is 2. The van der Waals surface area contributed by atoms with Crippen LogP contribution in [0.4, 0.5) is 4.79 Å². The van der Waals surface area contributed by atoms with E-state index in [0.717, 1.165) is 28.1 Å². The standard InChI is InChI=1S/C28H29N5O3/c1-19(22-9-11-23(12-10-22)24-17-29-20(2)30-18-24)33-16-15-28(36-27(33)34,25-7-5-4-6-8-25)14-13-26-32-31-21(3)35-26/h4-12,17-19H,13-16H2,1-3H3/t19-,28?/m0/s1. The minimum absolute atomic E-state index is 0.131. The second kappa shape index (κ2) is 9.89. The Morgan fingerprint density at radius 1 is 0.972 bits per heavy atom. The first-order valence-corrected chi connectivity index (χ1v) is 12.2. The van der Waals surface area contributed by atoms with Crippen LogP contribution in [0.15, 0.2) is 71.4 Å². The van der Waals surface area contributed by atoms with Gasteiger partial charge in [-0.2, -0.15) is 0 Å². The Labute approximate surface area is 210 Å². The fourth-order valence-electron chi connectivity index (χ4n) is 4.71. The van der Waals surface area contributed by atoms with Gasteiger partial charge in [0.05, 0.1) is 6.04 Å². The number of carbonyl (C=O) groups excluding carboxylic acids is 1. The van der Waals surface area contributed by atoms with Crippen LogP contribution in [0.3, 0.4) is 0 Å². The Balaban J connectivity index is 1.32. The molecular formula is C28H29N5O3. The molecule has 2 aromatic heterocycles. The van der Waals surface area contributed by atoms with Gasteiger partial charge in [0, 0.05) is 50.7 Å². The molecule has 2 atom stereocenters. The lowest BCUT2D eigenvalue weighted by atomic mass is 9.84. The third-order valence-electron chi connectivity index (χ3n) is 6.86. The van der Waals surface area contributed by atoms with Crippen LogP contribution in [0.25, 0.3) is 11.1 Å². The first-order chi connectivity index (χ1) is 17.4. The van der Waals surface area contributed by atoms with E-state index in [9.17, 15) is 4.79 Å². The number of rotatable bonds is 7. The summed E-state index contributed by atoms with van der Waals surface area (Å²) in [6.45, 7) is 6.24. The lowest BCUT2D eigenvalue weighted by molar-refractivity contribution is -0.0660. The lowest BCUT2D eigenvalue weighted by Crippen LogP contribution is -2.49. The van der Waals surface area contributed by atoms with E-state index >= 15 is 0 Å². The zero-order valence-electron chi connectivity index (χ0n) is 20.7. The summed E-state index contributed by atoms with van der Waals surface area (Å²) in [6.07, 6.45) is 5.08. The van der Waals surface area contributed by atoms with Gasteiger partial charge >= 0.3 is 6.09 Å². The maximum atomic E-state index is 13.4. The third-order valence-corrected chi connectivity index (χ3v) is 6.86. The number of hydrogen-bond donors (Lipinski definition) is 0. The highest BCUT2D eigenvalue weighted by molar-refractivity contribution is 5.70. The van der Waals surface area contributed by atoms with Crippen molar-refractivity contribution in [2.24, 2.45) is 0 Å². The molecule has 36 heavy (non-hydrogen) atoms. The Kier molecular flexibility index (Phi) is 6.50. The van der Waals surface area contributed by atoms with Crippen molar-refractivity contribution >= 4 is 6.09 Å². The van der Waals surface area contributed by atoms with E-state index in [1.54, 1.807) is 11.8 Å². The van der Waals surface area contributed by atoms with Gasteiger partial charge in [0.1, 0.15) is 11.4 Å². The van der Waals surface area contributed by atoms with Crippen LogP contribution in [0.1, 0.15) is 54.5 Å². The number of carbonyl (C=O) groups is 1. The van der Waals surface area contributed by atoms with Crippen LogP contribution in [0, 0.1) is 13.8 Å². The summed E-state index contributed by atoms with van der Waals surface area (Å²) in [5, 5.41) is 8.03. The van der Waals surface area contributed by atoms with E-state index in [-0.39, 0.29) is 12.1 Å².